The first kappa shape index (κ1) is 17.0. The average molecular weight is 355 g/mol. The second kappa shape index (κ2) is 7.36. The Kier molecular flexibility index (Phi) is 5.20. The van der Waals surface area contributed by atoms with Crippen molar-refractivity contribution in [3.05, 3.63) is 22.8 Å². The number of morpholine rings is 1. The van der Waals surface area contributed by atoms with Gasteiger partial charge in [0.25, 0.3) is 5.91 Å². The molecular formula is C16H19ClN2O5. The van der Waals surface area contributed by atoms with E-state index in [-0.39, 0.29) is 24.0 Å². The fourth-order valence-corrected chi connectivity index (χ4v) is 2.81. The Morgan fingerprint density at radius 3 is 2.92 bits per heavy atom. The predicted molar refractivity (Wildman–Crippen MR) is 85.4 cm³/mol. The molecule has 8 heteroatoms. The number of pyridine rings is 1. The number of rotatable bonds is 6. The number of carboxylic acid groups (broad SMARTS) is 1. The third kappa shape index (κ3) is 4.15. The van der Waals surface area contributed by atoms with E-state index in [1.807, 2.05) is 0 Å². The molecule has 1 saturated carbocycles. The lowest BCUT2D eigenvalue weighted by molar-refractivity contribution is -0.139. The lowest BCUT2D eigenvalue weighted by atomic mass is 10.1. The molecule has 2 heterocycles. The van der Waals surface area contributed by atoms with Gasteiger partial charge in [0.1, 0.15) is 5.02 Å². The monoisotopic (exact) mass is 354 g/mol. The van der Waals surface area contributed by atoms with Crippen LogP contribution < -0.4 is 4.74 Å². The molecule has 2 aliphatic rings. The van der Waals surface area contributed by atoms with E-state index in [2.05, 4.69) is 4.98 Å². The van der Waals surface area contributed by atoms with E-state index < -0.39 is 12.0 Å². The normalized spacial score (nSPS) is 20.7. The lowest BCUT2D eigenvalue weighted by Crippen LogP contribution is -2.49. The first-order chi connectivity index (χ1) is 11.5. The van der Waals surface area contributed by atoms with Crippen LogP contribution in [0.25, 0.3) is 0 Å². The second-order valence-electron chi connectivity index (χ2n) is 6.09. The summed E-state index contributed by atoms with van der Waals surface area (Å²) in [5, 5.41) is 9.26. The highest BCUT2D eigenvalue weighted by atomic mass is 35.5. The molecule has 1 N–H and O–H groups in total. The Bertz CT molecular complexity index is 635. The molecular weight excluding hydrogens is 336 g/mol. The highest BCUT2D eigenvalue weighted by Gasteiger charge is 2.30. The van der Waals surface area contributed by atoms with Gasteiger partial charge in [-0.05, 0) is 24.8 Å². The summed E-state index contributed by atoms with van der Waals surface area (Å²) in [6, 6.07) is 1.03. The van der Waals surface area contributed by atoms with Crippen molar-refractivity contribution >= 4 is 23.5 Å². The quantitative estimate of drug-likeness (QED) is 0.838. The number of aromatic nitrogens is 1. The van der Waals surface area contributed by atoms with Gasteiger partial charge in [-0.2, -0.15) is 0 Å². The first-order valence-corrected chi connectivity index (χ1v) is 8.31. The van der Waals surface area contributed by atoms with Crippen LogP contribution in [0.1, 0.15) is 29.6 Å². The van der Waals surface area contributed by atoms with E-state index >= 15 is 0 Å². The fraction of sp³-hybridized carbons (Fsp3) is 0.562. The van der Waals surface area contributed by atoms with Crippen LogP contribution in [0, 0.1) is 5.92 Å². The van der Waals surface area contributed by atoms with Crippen molar-refractivity contribution in [3.63, 3.8) is 0 Å². The number of nitrogens with zero attached hydrogens (tertiary/aromatic N) is 2. The largest absolute Gasteiger partial charge is 0.481 e. The molecule has 2 fully saturated rings. The van der Waals surface area contributed by atoms with Crippen molar-refractivity contribution in [2.45, 2.75) is 25.3 Å². The molecule has 7 nitrogen and oxygen atoms in total. The van der Waals surface area contributed by atoms with Crippen molar-refractivity contribution in [3.8, 4) is 5.88 Å². The van der Waals surface area contributed by atoms with Crippen LogP contribution in [-0.4, -0.2) is 59.3 Å². The average Bonchev–Trinajstić information content (AvgIpc) is 3.37. The van der Waals surface area contributed by atoms with Gasteiger partial charge in [-0.15, -0.1) is 0 Å². The minimum absolute atomic E-state index is 0.157. The fourth-order valence-electron chi connectivity index (χ4n) is 2.59. The van der Waals surface area contributed by atoms with Crippen molar-refractivity contribution < 1.29 is 24.2 Å². The van der Waals surface area contributed by atoms with Gasteiger partial charge in [0, 0.05) is 12.7 Å². The van der Waals surface area contributed by atoms with Gasteiger partial charge in [0.05, 0.1) is 37.8 Å². The lowest BCUT2D eigenvalue weighted by Gasteiger charge is -2.34. The third-order valence-corrected chi connectivity index (χ3v) is 4.38. The van der Waals surface area contributed by atoms with Crippen LogP contribution in [0.5, 0.6) is 5.88 Å². The number of carbonyl (C=O) groups is 2. The second-order valence-corrected chi connectivity index (χ2v) is 6.50. The minimum atomic E-state index is -0.969. The molecule has 1 unspecified atom stereocenters. The number of aliphatic carboxylic acids is 1. The zero-order chi connectivity index (χ0) is 17.1. The molecule has 1 aliphatic carbocycles. The summed E-state index contributed by atoms with van der Waals surface area (Å²) < 4.78 is 10.8. The standard InChI is InChI=1S/C16H19ClN2O5/c17-13-5-11(7-18-15(13)24-8-10-1-2-10)16(22)19-3-4-23-9-12(19)6-14(20)21/h5,7,10,12H,1-4,6,8-9H2,(H,20,21). The van der Waals surface area contributed by atoms with E-state index in [4.69, 9.17) is 26.2 Å². The molecule has 1 amide bonds. The summed E-state index contributed by atoms with van der Waals surface area (Å²) in [4.78, 5) is 29.3. The minimum Gasteiger partial charge on any atom is -0.481 e. The van der Waals surface area contributed by atoms with Crippen molar-refractivity contribution in [2.75, 3.05) is 26.4 Å². The molecule has 0 radical (unpaired) electrons. The van der Waals surface area contributed by atoms with Crippen molar-refractivity contribution in [1.29, 1.82) is 0 Å². The van der Waals surface area contributed by atoms with Crippen LogP contribution in [-0.2, 0) is 9.53 Å². The van der Waals surface area contributed by atoms with Crippen molar-refractivity contribution in [1.82, 2.24) is 9.88 Å². The van der Waals surface area contributed by atoms with Crippen LogP contribution in [0.2, 0.25) is 5.02 Å². The smallest absolute Gasteiger partial charge is 0.305 e. The molecule has 3 rings (SSSR count). The maximum absolute atomic E-state index is 12.7. The van der Waals surface area contributed by atoms with Gasteiger partial charge in [0.2, 0.25) is 5.88 Å². The van der Waals surface area contributed by atoms with Crippen LogP contribution in [0.4, 0.5) is 0 Å². The zero-order valence-corrected chi connectivity index (χ0v) is 13.9. The van der Waals surface area contributed by atoms with Crippen LogP contribution >= 0.6 is 11.6 Å². The third-order valence-electron chi connectivity index (χ3n) is 4.11. The molecule has 1 aromatic rings. The summed E-state index contributed by atoms with van der Waals surface area (Å²) in [5.74, 6) is -0.366. The first-order valence-electron chi connectivity index (χ1n) is 7.93. The molecule has 1 aromatic heterocycles. The van der Waals surface area contributed by atoms with E-state index in [0.717, 1.165) is 12.8 Å². The number of hydrogen-bond acceptors (Lipinski definition) is 5. The molecule has 1 atom stereocenters. The van der Waals surface area contributed by atoms with Gasteiger partial charge in [0.15, 0.2) is 0 Å². The number of ether oxygens (including phenoxy) is 2. The van der Waals surface area contributed by atoms with E-state index in [1.165, 1.54) is 17.2 Å². The van der Waals surface area contributed by atoms with E-state index in [1.54, 1.807) is 0 Å². The summed E-state index contributed by atoms with van der Waals surface area (Å²) in [6.07, 6.45) is 3.59. The van der Waals surface area contributed by atoms with Gasteiger partial charge in [-0.3, -0.25) is 9.59 Å². The van der Waals surface area contributed by atoms with Crippen LogP contribution in [0.3, 0.4) is 0 Å². The highest BCUT2D eigenvalue weighted by molar-refractivity contribution is 6.32. The Hall–Kier alpha value is -1.86. The molecule has 24 heavy (non-hydrogen) atoms. The van der Waals surface area contributed by atoms with Gasteiger partial charge in [-0.25, -0.2) is 4.98 Å². The van der Waals surface area contributed by atoms with E-state index in [0.29, 0.717) is 37.1 Å². The number of carboxylic acids is 1. The molecule has 0 bridgehead atoms. The van der Waals surface area contributed by atoms with Crippen LogP contribution in [0.15, 0.2) is 12.3 Å². The molecule has 130 valence electrons. The van der Waals surface area contributed by atoms with Gasteiger partial charge < -0.3 is 19.5 Å². The number of amides is 1. The SMILES string of the molecule is O=C(O)CC1COCCN1C(=O)c1cnc(OCC2CC2)c(Cl)c1. The Labute approximate surface area is 144 Å². The molecule has 1 saturated heterocycles. The Morgan fingerprint density at radius 2 is 2.25 bits per heavy atom. The van der Waals surface area contributed by atoms with Crippen molar-refractivity contribution in [2.24, 2.45) is 5.92 Å². The molecule has 0 spiro atoms. The summed E-state index contributed by atoms with van der Waals surface area (Å²) in [5.41, 5.74) is 0.316. The maximum atomic E-state index is 12.7. The topological polar surface area (TPSA) is 89.0 Å². The molecule has 1 aliphatic heterocycles. The predicted octanol–water partition coefficient (Wildman–Crippen LogP) is 1.84. The number of carbonyl (C=O) groups excluding carboxylic acids is 1. The number of hydrogen-bond donors (Lipinski definition) is 1. The summed E-state index contributed by atoms with van der Waals surface area (Å²) in [6.45, 7) is 1.52. The summed E-state index contributed by atoms with van der Waals surface area (Å²) in [7, 11) is 0. The Balaban J connectivity index is 1.70. The molecule has 0 aromatic carbocycles. The highest BCUT2D eigenvalue weighted by Crippen LogP contribution is 2.31. The van der Waals surface area contributed by atoms with E-state index in [9.17, 15) is 9.59 Å². The zero-order valence-electron chi connectivity index (χ0n) is 13.1. The van der Waals surface area contributed by atoms with Gasteiger partial charge >= 0.3 is 5.97 Å². The number of halogens is 1. The Morgan fingerprint density at radius 1 is 1.46 bits per heavy atom. The van der Waals surface area contributed by atoms with Gasteiger partial charge in [-0.1, -0.05) is 11.6 Å². The summed E-state index contributed by atoms with van der Waals surface area (Å²) >= 11 is 6.16. The maximum Gasteiger partial charge on any atom is 0.305 e.